The maximum atomic E-state index is 4.92. The van der Waals surface area contributed by atoms with Crippen molar-refractivity contribution in [1.29, 1.82) is 0 Å². The zero-order valence-electron chi connectivity index (χ0n) is 6.31. The van der Waals surface area contributed by atoms with Crippen LogP contribution in [0.1, 0.15) is 19.3 Å². The van der Waals surface area contributed by atoms with Gasteiger partial charge in [0.25, 0.3) is 0 Å². The Morgan fingerprint density at radius 1 is 1.60 bits per heavy atom. The predicted octanol–water partition coefficient (Wildman–Crippen LogP) is 0.880. The third-order valence-electron chi connectivity index (χ3n) is 2.00. The van der Waals surface area contributed by atoms with Crippen molar-refractivity contribution in [3.8, 4) is 0 Å². The van der Waals surface area contributed by atoms with Gasteiger partial charge in [0.05, 0.1) is 0 Å². The van der Waals surface area contributed by atoms with Crippen LogP contribution >= 0.6 is 12.2 Å². The van der Waals surface area contributed by atoms with Crippen LogP contribution in [0.2, 0.25) is 0 Å². The van der Waals surface area contributed by atoms with Gasteiger partial charge in [0.1, 0.15) is 0 Å². The Bertz CT molecular complexity index is 121. The van der Waals surface area contributed by atoms with Crippen molar-refractivity contribution in [3.63, 3.8) is 0 Å². The van der Waals surface area contributed by atoms with E-state index < -0.39 is 0 Å². The van der Waals surface area contributed by atoms with Crippen LogP contribution in [0.3, 0.4) is 0 Å². The van der Waals surface area contributed by atoms with Crippen LogP contribution in [-0.4, -0.2) is 18.7 Å². The van der Waals surface area contributed by atoms with Gasteiger partial charge in [-0.1, -0.05) is 6.42 Å². The second-order valence-electron chi connectivity index (χ2n) is 2.76. The SMILES string of the molecule is CNC(=S)NCC1CCC1. The predicted molar refractivity (Wildman–Crippen MR) is 47.0 cm³/mol. The van der Waals surface area contributed by atoms with Gasteiger partial charge in [0.15, 0.2) is 5.11 Å². The molecule has 0 saturated heterocycles. The van der Waals surface area contributed by atoms with Gasteiger partial charge in [0.2, 0.25) is 0 Å². The molecule has 0 aromatic carbocycles. The topological polar surface area (TPSA) is 24.1 Å². The summed E-state index contributed by atoms with van der Waals surface area (Å²) in [7, 11) is 1.84. The summed E-state index contributed by atoms with van der Waals surface area (Å²) in [4.78, 5) is 0. The molecule has 1 aliphatic rings. The third-order valence-corrected chi connectivity index (χ3v) is 2.35. The van der Waals surface area contributed by atoms with Crippen LogP contribution in [0.4, 0.5) is 0 Å². The minimum absolute atomic E-state index is 0.770. The standard InChI is InChI=1S/C7H14N2S/c1-8-7(10)9-5-6-3-2-4-6/h6H,2-5H2,1H3,(H2,8,9,10). The summed E-state index contributed by atoms with van der Waals surface area (Å²) in [5, 5.41) is 6.81. The van der Waals surface area contributed by atoms with Crippen molar-refractivity contribution in [2.45, 2.75) is 19.3 Å². The Morgan fingerprint density at radius 3 is 2.70 bits per heavy atom. The monoisotopic (exact) mass is 158 g/mol. The van der Waals surface area contributed by atoms with Crippen LogP contribution in [0, 0.1) is 5.92 Å². The first-order valence-electron chi connectivity index (χ1n) is 3.78. The lowest BCUT2D eigenvalue weighted by Crippen LogP contribution is -2.37. The molecule has 0 spiro atoms. The zero-order valence-corrected chi connectivity index (χ0v) is 7.13. The van der Waals surface area contributed by atoms with E-state index in [1.807, 2.05) is 7.05 Å². The maximum Gasteiger partial charge on any atom is 0.166 e. The lowest BCUT2D eigenvalue weighted by Gasteiger charge is -2.25. The van der Waals surface area contributed by atoms with E-state index in [9.17, 15) is 0 Å². The van der Waals surface area contributed by atoms with Gasteiger partial charge in [-0.05, 0) is 31.0 Å². The molecule has 1 saturated carbocycles. The molecule has 0 aliphatic heterocycles. The molecular formula is C7H14N2S. The lowest BCUT2D eigenvalue weighted by atomic mass is 9.85. The summed E-state index contributed by atoms with van der Waals surface area (Å²) >= 11 is 4.92. The molecule has 0 aromatic rings. The summed E-state index contributed by atoms with van der Waals surface area (Å²) in [5.41, 5.74) is 0. The first-order valence-corrected chi connectivity index (χ1v) is 4.19. The third kappa shape index (κ3) is 2.14. The fourth-order valence-corrected chi connectivity index (χ4v) is 1.11. The number of hydrogen-bond donors (Lipinski definition) is 2. The molecule has 2 N–H and O–H groups in total. The van der Waals surface area contributed by atoms with Crippen molar-refractivity contribution in [2.75, 3.05) is 13.6 Å². The van der Waals surface area contributed by atoms with Gasteiger partial charge in [-0.3, -0.25) is 0 Å². The van der Waals surface area contributed by atoms with Gasteiger partial charge in [-0.2, -0.15) is 0 Å². The van der Waals surface area contributed by atoms with E-state index in [0.29, 0.717) is 0 Å². The summed E-state index contributed by atoms with van der Waals surface area (Å²) < 4.78 is 0. The lowest BCUT2D eigenvalue weighted by molar-refractivity contribution is 0.315. The highest BCUT2D eigenvalue weighted by atomic mass is 32.1. The fraction of sp³-hybridized carbons (Fsp3) is 0.857. The molecule has 0 unspecified atom stereocenters. The molecular weight excluding hydrogens is 144 g/mol. The van der Waals surface area contributed by atoms with Crippen molar-refractivity contribution in [2.24, 2.45) is 5.92 Å². The maximum absolute atomic E-state index is 4.92. The molecule has 10 heavy (non-hydrogen) atoms. The minimum Gasteiger partial charge on any atom is -0.366 e. The van der Waals surface area contributed by atoms with Crippen molar-refractivity contribution in [1.82, 2.24) is 10.6 Å². The van der Waals surface area contributed by atoms with E-state index in [-0.39, 0.29) is 0 Å². The number of nitrogens with one attached hydrogen (secondary N) is 2. The normalized spacial score (nSPS) is 17.7. The Hall–Kier alpha value is -0.310. The van der Waals surface area contributed by atoms with Gasteiger partial charge in [0, 0.05) is 13.6 Å². The van der Waals surface area contributed by atoms with E-state index in [1.54, 1.807) is 0 Å². The Balaban J connectivity index is 1.98. The van der Waals surface area contributed by atoms with Gasteiger partial charge < -0.3 is 10.6 Å². The van der Waals surface area contributed by atoms with Crippen LogP contribution in [0.15, 0.2) is 0 Å². The molecule has 0 bridgehead atoms. The molecule has 0 atom stereocenters. The smallest absolute Gasteiger partial charge is 0.166 e. The molecule has 1 fully saturated rings. The van der Waals surface area contributed by atoms with E-state index in [2.05, 4.69) is 10.6 Å². The van der Waals surface area contributed by atoms with Crippen LogP contribution < -0.4 is 10.6 Å². The summed E-state index contributed by atoms with van der Waals surface area (Å²) in [6.45, 7) is 1.06. The van der Waals surface area contributed by atoms with Crippen molar-refractivity contribution >= 4 is 17.3 Å². The molecule has 1 aliphatic carbocycles. The molecule has 2 nitrogen and oxygen atoms in total. The Labute approximate surface area is 67.4 Å². The molecule has 0 amide bonds. The number of thiocarbonyl (C=S) groups is 1. The number of hydrogen-bond acceptors (Lipinski definition) is 1. The molecule has 1 rings (SSSR count). The van der Waals surface area contributed by atoms with Gasteiger partial charge in [-0.25, -0.2) is 0 Å². The Morgan fingerprint density at radius 2 is 2.30 bits per heavy atom. The molecule has 0 aromatic heterocycles. The van der Waals surface area contributed by atoms with Crippen molar-refractivity contribution in [3.05, 3.63) is 0 Å². The largest absolute Gasteiger partial charge is 0.366 e. The fourth-order valence-electron chi connectivity index (χ4n) is 1.02. The average Bonchev–Trinajstić information content (AvgIpc) is 1.84. The molecule has 0 radical (unpaired) electrons. The van der Waals surface area contributed by atoms with Gasteiger partial charge in [-0.15, -0.1) is 0 Å². The van der Waals surface area contributed by atoms with Crippen molar-refractivity contribution < 1.29 is 0 Å². The van der Waals surface area contributed by atoms with E-state index in [4.69, 9.17) is 12.2 Å². The van der Waals surface area contributed by atoms with Gasteiger partial charge >= 0.3 is 0 Å². The molecule has 3 heteroatoms. The van der Waals surface area contributed by atoms with Crippen LogP contribution in [0.5, 0.6) is 0 Å². The Kier molecular flexibility index (Phi) is 2.93. The summed E-state index contributed by atoms with van der Waals surface area (Å²) in [5.74, 6) is 0.881. The van der Waals surface area contributed by atoms with E-state index in [0.717, 1.165) is 17.6 Å². The highest BCUT2D eigenvalue weighted by molar-refractivity contribution is 7.80. The molecule has 0 heterocycles. The average molecular weight is 158 g/mol. The zero-order chi connectivity index (χ0) is 7.40. The second-order valence-corrected chi connectivity index (χ2v) is 3.17. The summed E-state index contributed by atoms with van der Waals surface area (Å²) in [6.07, 6.45) is 4.15. The first-order chi connectivity index (χ1) is 4.83. The van der Waals surface area contributed by atoms with Crippen LogP contribution in [-0.2, 0) is 0 Å². The van der Waals surface area contributed by atoms with E-state index in [1.165, 1.54) is 19.3 Å². The summed E-state index contributed by atoms with van der Waals surface area (Å²) in [6, 6.07) is 0. The quantitative estimate of drug-likeness (QED) is 0.583. The van der Waals surface area contributed by atoms with E-state index >= 15 is 0 Å². The van der Waals surface area contributed by atoms with Crippen LogP contribution in [0.25, 0.3) is 0 Å². The first kappa shape index (κ1) is 7.79. The second kappa shape index (κ2) is 3.76. The molecule has 58 valence electrons. The minimum atomic E-state index is 0.770. The number of rotatable bonds is 2. The highest BCUT2D eigenvalue weighted by Crippen LogP contribution is 2.24. The highest BCUT2D eigenvalue weighted by Gasteiger charge is 2.16.